The van der Waals surface area contributed by atoms with Crippen LogP contribution in [0.15, 0.2) is 30.7 Å². The van der Waals surface area contributed by atoms with Gasteiger partial charge in [0, 0.05) is 69.4 Å². The molecule has 0 atom stereocenters. The molecule has 5 heterocycles. The molecule has 10 nitrogen and oxygen atoms in total. The summed E-state index contributed by atoms with van der Waals surface area (Å²) in [6.45, 7) is 7.40. The van der Waals surface area contributed by atoms with Crippen molar-refractivity contribution in [3.05, 3.63) is 36.3 Å². The molecule has 2 aliphatic rings. The number of methoxy groups -OCH3 is 1. The van der Waals surface area contributed by atoms with E-state index in [2.05, 4.69) is 45.0 Å². The van der Waals surface area contributed by atoms with Crippen LogP contribution < -0.4 is 15.1 Å². The number of fused-ring (bicyclic) bond motifs is 1. The molecule has 2 aliphatic heterocycles. The Morgan fingerprint density at radius 3 is 2.49 bits per heavy atom. The predicted octanol–water partition coefficient (Wildman–Crippen LogP) is 3.38. The van der Waals surface area contributed by atoms with Crippen molar-refractivity contribution < 1.29 is 13.2 Å². The van der Waals surface area contributed by atoms with Crippen LogP contribution in [0.2, 0.25) is 0 Å². The van der Waals surface area contributed by atoms with Gasteiger partial charge in [-0.3, -0.25) is 0 Å². The van der Waals surface area contributed by atoms with Gasteiger partial charge in [-0.05, 0) is 41.8 Å². The number of hydrogen-bond donors (Lipinski definition) is 1. The molecule has 0 bridgehead atoms. The summed E-state index contributed by atoms with van der Waals surface area (Å²) >= 11 is 0. The van der Waals surface area contributed by atoms with Crippen LogP contribution in [-0.4, -0.2) is 79.8 Å². The molecular weight excluding hydrogens is 490 g/mol. The molecule has 37 heavy (non-hydrogen) atoms. The van der Waals surface area contributed by atoms with Crippen LogP contribution in [0.5, 0.6) is 0 Å². The van der Waals surface area contributed by atoms with E-state index in [0.29, 0.717) is 36.8 Å². The van der Waals surface area contributed by atoms with E-state index < -0.39 is 9.84 Å². The predicted molar refractivity (Wildman–Crippen MR) is 147 cm³/mol. The Kier molecular flexibility index (Phi) is 7.17. The van der Waals surface area contributed by atoms with Gasteiger partial charge in [-0.1, -0.05) is 13.8 Å². The summed E-state index contributed by atoms with van der Waals surface area (Å²) in [5.41, 5.74) is 1.14. The lowest BCUT2D eigenvalue weighted by Gasteiger charge is -2.40. The van der Waals surface area contributed by atoms with E-state index in [4.69, 9.17) is 14.7 Å². The molecule has 2 saturated heterocycles. The molecule has 0 aromatic carbocycles. The van der Waals surface area contributed by atoms with Crippen LogP contribution in [0.1, 0.15) is 38.2 Å². The number of ether oxygens (including phenoxy) is 1. The third-order valence-corrected chi connectivity index (χ3v) is 8.23. The van der Waals surface area contributed by atoms with Crippen molar-refractivity contribution in [1.29, 1.82) is 0 Å². The highest BCUT2D eigenvalue weighted by Crippen LogP contribution is 2.35. The van der Waals surface area contributed by atoms with E-state index in [-0.39, 0.29) is 17.6 Å². The van der Waals surface area contributed by atoms with Crippen LogP contribution in [-0.2, 0) is 14.6 Å². The molecule has 11 heteroatoms. The number of nitrogens with zero attached hydrogens (tertiary/aromatic N) is 6. The smallest absolute Gasteiger partial charge is 0.227 e. The number of piperidine rings is 1. The SMILES string of the molecule is COC1CCN(c2nccc(Nc3cc4c(C(C)C)cnc(N5CC(CS(C)(=O)=O)C5)c4cn3)n2)CC1. The summed E-state index contributed by atoms with van der Waals surface area (Å²) < 4.78 is 28.8. The van der Waals surface area contributed by atoms with Crippen molar-refractivity contribution in [1.82, 2.24) is 19.9 Å². The molecule has 5 rings (SSSR count). The number of hydrogen-bond acceptors (Lipinski definition) is 10. The van der Waals surface area contributed by atoms with Crippen LogP contribution in [0.4, 0.5) is 23.4 Å². The minimum Gasteiger partial charge on any atom is -0.381 e. The Hall–Kier alpha value is -3.05. The number of pyridine rings is 2. The second-order valence-corrected chi connectivity index (χ2v) is 12.6. The number of aromatic nitrogens is 4. The highest BCUT2D eigenvalue weighted by molar-refractivity contribution is 7.90. The lowest BCUT2D eigenvalue weighted by atomic mass is 9.97. The first kappa shape index (κ1) is 25.6. The molecule has 198 valence electrons. The molecule has 3 aromatic rings. The molecule has 1 N–H and O–H groups in total. The summed E-state index contributed by atoms with van der Waals surface area (Å²) in [5, 5.41) is 5.41. The summed E-state index contributed by atoms with van der Waals surface area (Å²) in [5.74, 6) is 3.59. The first-order valence-corrected chi connectivity index (χ1v) is 14.9. The van der Waals surface area contributed by atoms with Gasteiger partial charge in [0.2, 0.25) is 5.95 Å². The zero-order valence-corrected chi connectivity index (χ0v) is 22.7. The average molecular weight is 526 g/mol. The Morgan fingerprint density at radius 1 is 1.05 bits per heavy atom. The van der Waals surface area contributed by atoms with Gasteiger partial charge < -0.3 is 19.9 Å². The zero-order valence-electron chi connectivity index (χ0n) is 21.9. The van der Waals surface area contributed by atoms with Crippen LogP contribution in [0.25, 0.3) is 10.8 Å². The Bertz CT molecular complexity index is 1370. The van der Waals surface area contributed by atoms with E-state index >= 15 is 0 Å². The first-order chi connectivity index (χ1) is 17.7. The van der Waals surface area contributed by atoms with Crippen LogP contribution >= 0.6 is 0 Å². The number of nitrogens with one attached hydrogen (secondary N) is 1. The van der Waals surface area contributed by atoms with Crippen molar-refractivity contribution in [2.75, 3.05) is 60.4 Å². The lowest BCUT2D eigenvalue weighted by Crippen LogP contribution is -2.50. The maximum Gasteiger partial charge on any atom is 0.227 e. The molecule has 0 unspecified atom stereocenters. The fraction of sp³-hybridized carbons (Fsp3) is 0.538. The maximum absolute atomic E-state index is 11.7. The van der Waals surface area contributed by atoms with Crippen molar-refractivity contribution in [2.24, 2.45) is 5.92 Å². The molecule has 0 radical (unpaired) electrons. The summed E-state index contributed by atoms with van der Waals surface area (Å²) in [6, 6.07) is 3.90. The highest BCUT2D eigenvalue weighted by atomic mass is 32.2. The third kappa shape index (κ3) is 5.77. The zero-order chi connectivity index (χ0) is 26.2. The summed E-state index contributed by atoms with van der Waals surface area (Å²) in [6.07, 6.45) is 9.08. The second-order valence-electron chi connectivity index (χ2n) is 10.5. The minimum atomic E-state index is -2.99. The van der Waals surface area contributed by atoms with Gasteiger partial charge in [0.25, 0.3) is 0 Å². The van der Waals surface area contributed by atoms with Gasteiger partial charge in [0.1, 0.15) is 27.3 Å². The second kappa shape index (κ2) is 10.4. The van der Waals surface area contributed by atoms with Crippen LogP contribution in [0.3, 0.4) is 0 Å². The maximum atomic E-state index is 11.7. The van der Waals surface area contributed by atoms with Crippen LogP contribution in [0, 0.1) is 5.92 Å². The monoisotopic (exact) mass is 525 g/mol. The Labute approximate surface area is 218 Å². The highest BCUT2D eigenvalue weighted by Gasteiger charge is 2.32. The van der Waals surface area contributed by atoms with E-state index in [1.807, 2.05) is 18.5 Å². The van der Waals surface area contributed by atoms with Crippen molar-refractivity contribution in [3.63, 3.8) is 0 Å². The summed E-state index contributed by atoms with van der Waals surface area (Å²) in [4.78, 5) is 23.0. The average Bonchev–Trinajstić information content (AvgIpc) is 2.85. The molecular formula is C26H35N7O3S. The number of anilines is 4. The van der Waals surface area contributed by atoms with Gasteiger partial charge in [-0.25, -0.2) is 23.4 Å². The molecule has 0 amide bonds. The molecule has 0 saturated carbocycles. The van der Waals surface area contributed by atoms with E-state index in [1.165, 1.54) is 6.26 Å². The molecule has 2 fully saturated rings. The van der Waals surface area contributed by atoms with E-state index in [0.717, 1.165) is 48.1 Å². The Morgan fingerprint density at radius 2 is 1.81 bits per heavy atom. The fourth-order valence-corrected chi connectivity index (χ4v) is 6.26. The van der Waals surface area contributed by atoms with E-state index in [9.17, 15) is 8.42 Å². The van der Waals surface area contributed by atoms with Crippen molar-refractivity contribution in [3.8, 4) is 0 Å². The van der Waals surface area contributed by atoms with E-state index in [1.54, 1.807) is 13.3 Å². The number of rotatable bonds is 8. The van der Waals surface area contributed by atoms with Gasteiger partial charge >= 0.3 is 0 Å². The van der Waals surface area contributed by atoms with Gasteiger partial charge in [0.15, 0.2) is 0 Å². The standard InChI is InChI=1S/C26H35N7O3S/c1-17(2)21-12-29-25(33-14-18(15-33)16-37(4,34)35)22-13-28-24(11-20(21)22)30-23-5-8-27-26(31-23)32-9-6-19(36-3)7-10-32/h5,8,11-13,17-19H,6-7,9-10,14-16H2,1-4H3,(H,27,28,30,31). The van der Waals surface area contributed by atoms with Gasteiger partial charge in [-0.2, -0.15) is 4.98 Å². The minimum absolute atomic E-state index is 0.137. The topological polar surface area (TPSA) is 113 Å². The normalized spacial score (nSPS) is 17.4. The molecule has 3 aromatic heterocycles. The van der Waals surface area contributed by atoms with Gasteiger partial charge in [-0.15, -0.1) is 0 Å². The third-order valence-electron chi connectivity index (χ3n) is 7.16. The first-order valence-electron chi connectivity index (χ1n) is 12.8. The molecule has 0 spiro atoms. The van der Waals surface area contributed by atoms with Crippen molar-refractivity contribution >= 4 is 44.0 Å². The largest absolute Gasteiger partial charge is 0.381 e. The van der Waals surface area contributed by atoms with Gasteiger partial charge in [0.05, 0.1) is 11.9 Å². The molecule has 0 aliphatic carbocycles. The lowest BCUT2D eigenvalue weighted by molar-refractivity contribution is 0.0816. The fourth-order valence-electron chi connectivity index (χ4n) is 5.19. The number of sulfone groups is 1. The summed E-state index contributed by atoms with van der Waals surface area (Å²) in [7, 11) is -1.22. The quantitative estimate of drug-likeness (QED) is 0.469. The van der Waals surface area contributed by atoms with Crippen molar-refractivity contribution in [2.45, 2.75) is 38.7 Å². The Balaban J connectivity index is 1.37.